The lowest BCUT2D eigenvalue weighted by Gasteiger charge is -1.96. The molecule has 0 saturated heterocycles. The van der Waals surface area contributed by atoms with Gasteiger partial charge in [-0.1, -0.05) is 6.92 Å². The van der Waals surface area contributed by atoms with Gasteiger partial charge in [-0.15, -0.1) is 11.3 Å². The molecule has 1 aromatic rings. The van der Waals surface area contributed by atoms with Gasteiger partial charge >= 0.3 is 0 Å². The molecule has 72 valence electrons. The van der Waals surface area contributed by atoms with E-state index in [1.165, 1.54) is 4.88 Å². The molecule has 1 heterocycles. The largest absolute Gasteiger partial charge is 0.292 e. The van der Waals surface area contributed by atoms with Crippen molar-refractivity contribution in [3.05, 3.63) is 21.9 Å². The maximum absolute atomic E-state index is 11.5. The van der Waals surface area contributed by atoms with Gasteiger partial charge in [-0.25, -0.2) is 0 Å². The van der Waals surface area contributed by atoms with Crippen molar-refractivity contribution >= 4 is 28.9 Å². The number of carbonyl (C=O) groups is 1. The van der Waals surface area contributed by atoms with Crippen LogP contribution >= 0.6 is 23.1 Å². The van der Waals surface area contributed by atoms with Crippen molar-refractivity contribution in [1.82, 2.24) is 0 Å². The van der Waals surface area contributed by atoms with Gasteiger partial charge in [0.15, 0.2) is 5.78 Å². The Labute approximate surface area is 87.5 Å². The molecule has 0 bridgehead atoms. The number of hydrogen-bond acceptors (Lipinski definition) is 3. The number of aryl methyl sites for hydroxylation is 1. The first kappa shape index (κ1) is 10.8. The highest BCUT2D eigenvalue weighted by Gasteiger charge is 2.07. The third-order valence-electron chi connectivity index (χ3n) is 1.60. The minimum Gasteiger partial charge on any atom is -0.292 e. The number of ketones is 1. The van der Waals surface area contributed by atoms with Crippen LogP contribution in [0.5, 0.6) is 0 Å². The van der Waals surface area contributed by atoms with Crippen molar-refractivity contribution in [2.45, 2.75) is 20.3 Å². The van der Waals surface area contributed by atoms with E-state index in [1.807, 2.05) is 19.1 Å². The topological polar surface area (TPSA) is 17.1 Å². The van der Waals surface area contributed by atoms with Gasteiger partial charge in [-0.2, -0.15) is 11.8 Å². The fraction of sp³-hybridized carbons (Fsp3) is 0.500. The van der Waals surface area contributed by atoms with E-state index in [9.17, 15) is 4.79 Å². The Morgan fingerprint density at radius 1 is 1.54 bits per heavy atom. The molecule has 0 N–H and O–H groups in total. The third-order valence-corrected chi connectivity index (χ3v) is 3.80. The quantitative estimate of drug-likeness (QED) is 0.552. The first-order valence-electron chi connectivity index (χ1n) is 4.41. The molecule has 0 spiro atoms. The summed E-state index contributed by atoms with van der Waals surface area (Å²) in [5.74, 6) is 1.99. The Bertz CT molecular complexity index is 278. The molecule has 0 unspecified atom stereocenters. The summed E-state index contributed by atoms with van der Waals surface area (Å²) in [6.07, 6.45) is 1.14. The number of thiophene rings is 1. The Kier molecular flexibility index (Phi) is 4.53. The van der Waals surface area contributed by atoms with E-state index in [2.05, 4.69) is 6.92 Å². The summed E-state index contributed by atoms with van der Waals surface area (Å²) < 4.78 is 0. The van der Waals surface area contributed by atoms with Gasteiger partial charge < -0.3 is 0 Å². The summed E-state index contributed by atoms with van der Waals surface area (Å²) in [5.41, 5.74) is 0. The molecular formula is C10H14OS2. The average molecular weight is 214 g/mol. The van der Waals surface area contributed by atoms with Gasteiger partial charge in [0.2, 0.25) is 0 Å². The van der Waals surface area contributed by atoms with Crippen LogP contribution in [0.15, 0.2) is 12.1 Å². The second-order valence-electron chi connectivity index (χ2n) is 2.89. The van der Waals surface area contributed by atoms with Crippen LogP contribution in [-0.2, 0) is 0 Å². The standard InChI is InChI=1S/C10H14OS2/c1-3-6-12-7-9(11)10-5-4-8(2)13-10/h4-5H,3,6-7H2,1-2H3. The van der Waals surface area contributed by atoms with E-state index in [-0.39, 0.29) is 5.78 Å². The molecule has 0 radical (unpaired) electrons. The Balaban J connectivity index is 2.40. The molecule has 1 aromatic heterocycles. The zero-order chi connectivity index (χ0) is 9.68. The average Bonchev–Trinajstić information content (AvgIpc) is 2.52. The van der Waals surface area contributed by atoms with E-state index in [1.54, 1.807) is 23.1 Å². The second-order valence-corrected chi connectivity index (χ2v) is 5.28. The van der Waals surface area contributed by atoms with Crippen LogP contribution in [0, 0.1) is 6.92 Å². The molecule has 0 amide bonds. The molecule has 0 aliphatic heterocycles. The monoisotopic (exact) mass is 214 g/mol. The predicted molar refractivity (Wildman–Crippen MR) is 61.0 cm³/mol. The lowest BCUT2D eigenvalue weighted by atomic mass is 10.3. The molecule has 3 heteroatoms. The molecule has 1 rings (SSSR count). The van der Waals surface area contributed by atoms with Gasteiger partial charge in [0.25, 0.3) is 0 Å². The van der Waals surface area contributed by atoms with Crippen LogP contribution in [0.4, 0.5) is 0 Å². The molecule has 13 heavy (non-hydrogen) atoms. The van der Waals surface area contributed by atoms with Gasteiger partial charge in [0.05, 0.1) is 10.6 Å². The van der Waals surface area contributed by atoms with Crippen LogP contribution in [0.1, 0.15) is 27.9 Å². The zero-order valence-electron chi connectivity index (χ0n) is 8.00. The van der Waals surface area contributed by atoms with Crippen LogP contribution in [0.2, 0.25) is 0 Å². The van der Waals surface area contributed by atoms with E-state index < -0.39 is 0 Å². The van der Waals surface area contributed by atoms with Crippen LogP contribution in [0.3, 0.4) is 0 Å². The number of Topliss-reactive ketones (excluding diaryl/α,β-unsaturated/α-hetero) is 1. The van der Waals surface area contributed by atoms with Crippen LogP contribution in [-0.4, -0.2) is 17.3 Å². The highest BCUT2D eigenvalue weighted by molar-refractivity contribution is 7.99. The maximum atomic E-state index is 11.5. The summed E-state index contributed by atoms with van der Waals surface area (Å²) in [6, 6.07) is 3.93. The Morgan fingerprint density at radius 2 is 2.31 bits per heavy atom. The van der Waals surface area contributed by atoms with Crippen molar-refractivity contribution in [2.24, 2.45) is 0 Å². The van der Waals surface area contributed by atoms with Crippen molar-refractivity contribution in [1.29, 1.82) is 0 Å². The van der Waals surface area contributed by atoms with Crippen LogP contribution < -0.4 is 0 Å². The van der Waals surface area contributed by atoms with Crippen molar-refractivity contribution in [3.63, 3.8) is 0 Å². The molecule has 0 aliphatic rings. The Hall–Kier alpha value is -0.280. The summed E-state index contributed by atoms with van der Waals surface area (Å²) in [6.45, 7) is 4.16. The fourth-order valence-electron chi connectivity index (χ4n) is 0.965. The number of rotatable bonds is 5. The number of thioether (sulfide) groups is 1. The smallest absolute Gasteiger partial charge is 0.182 e. The van der Waals surface area contributed by atoms with Crippen LogP contribution in [0.25, 0.3) is 0 Å². The maximum Gasteiger partial charge on any atom is 0.182 e. The summed E-state index contributed by atoms with van der Waals surface area (Å²) in [7, 11) is 0. The normalized spacial score (nSPS) is 10.3. The minimum absolute atomic E-state index is 0.275. The summed E-state index contributed by atoms with van der Waals surface area (Å²) in [4.78, 5) is 13.6. The lowest BCUT2D eigenvalue weighted by Crippen LogP contribution is -1.99. The minimum atomic E-state index is 0.275. The van der Waals surface area contributed by atoms with Gasteiger partial charge in [0, 0.05) is 4.88 Å². The molecule has 0 atom stereocenters. The zero-order valence-corrected chi connectivity index (χ0v) is 9.63. The second kappa shape index (κ2) is 5.45. The van der Waals surface area contributed by atoms with Crippen molar-refractivity contribution in [3.8, 4) is 0 Å². The van der Waals surface area contributed by atoms with E-state index in [0.717, 1.165) is 17.1 Å². The van der Waals surface area contributed by atoms with Crippen molar-refractivity contribution in [2.75, 3.05) is 11.5 Å². The Morgan fingerprint density at radius 3 is 2.85 bits per heavy atom. The van der Waals surface area contributed by atoms with E-state index >= 15 is 0 Å². The molecule has 0 aromatic carbocycles. The molecular weight excluding hydrogens is 200 g/mol. The summed E-state index contributed by atoms with van der Waals surface area (Å²) >= 11 is 3.31. The van der Waals surface area contributed by atoms with E-state index in [0.29, 0.717) is 5.75 Å². The summed E-state index contributed by atoms with van der Waals surface area (Å²) in [5, 5.41) is 0. The number of hydrogen-bond donors (Lipinski definition) is 0. The number of carbonyl (C=O) groups excluding carboxylic acids is 1. The fourth-order valence-corrected chi connectivity index (χ4v) is 2.64. The van der Waals surface area contributed by atoms with Gasteiger partial charge in [0.1, 0.15) is 0 Å². The molecule has 1 nitrogen and oxygen atoms in total. The first-order valence-corrected chi connectivity index (χ1v) is 6.38. The third kappa shape index (κ3) is 3.53. The molecule has 0 fully saturated rings. The highest BCUT2D eigenvalue weighted by Crippen LogP contribution is 2.17. The highest BCUT2D eigenvalue weighted by atomic mass is 32.2. The first-order chi connectivity index (χ1) is 6.24. The SMILES string of the molecule is CCCSCC(=O)c1ccc(C)s1. The molecule has 0 saturated carbocycles. The van der Waals surface area contributed by atoms with E-state index in [4.69, 9.17) is 0 Å². The predicted octanol–water partition coefficient (Wildman–Crippen LogP) is 3.38. The molecule has 0 aliphatic carbocycles. The van der Waals surface area contributed by atoms with Crippen molar-refractivity contribution < 1.29 is 4.79 Å². The lowest BCUT2D eigenvalue weighted by molar-refractivity contribution is 0.102. The van der Waals surface area contributed by atoms with Gasteiger partial charge in [-0.3, -0.25) is 4.79 Å². The van der Waals surface area contributed by atoms with Gasteiger partial charge in [-0.05, 0) is 31.2 Å².